The number of benzene rings is 2. The summed E-state index contributed by atoms with van der Waals surface area (Å²) in [7, 11) is 1.72. The third-order valence-corrected chi connectivity index (χ3v) is 5.11. The zero-order valence-electron chi connectivity index (χ0n) is 18.8. The van der Waals surface area contributed by atoms with Gasteiger partial charge >= 0.3 is 0 Å². The molecule has 1 atom stereocenters. The fourth-order valence-electron chi connectivity index (χ4n) is 3.65. The minimum Gasteiger partial charge on any atom is -0.356 e. The van der Waals surface area contributed by atoms with Crippen LogP contribution in [0.2, 0.25) is 0 Å². The van der Waals surface area contributed by atoms with Crippen molar-refractivity contribution in [2.24, 2.45) is 10.9 Å². The minimum atomic E-state index is 0. The van der Waals surface area contributed by atoms with Crippen LogP contribution in [0, 0.1) is 5.92 Å². The maximum Gasteiger partial charge on any atom is 0.225 e. The third kappa shape index (κ3) is 7.51. The van der Waals surface area contributed by atoms with Crippen molar-refractivity contribution >= 4 is 53.1 Å². The van der Waals surface area contributed by atoms with E-state index in [9.17, 15) is 9.59 Å². The lowest BCUT2D eigenvalue weighted by atomic mass is 9.90. The first-order valence-electron chi connectivity index (χ1n) is 10.7. The van der Waals surface area contributed by atoms with E-state index < -0.39 is 0 Å². The van der Waals surface area contributed by atoms with Crippen molar-refractivity contribution < 1.29 is 9.59 Å². The van der Waals surface area contributed by atoms with Crippen LogP contribution in [0.1, 0.15) is 43.7 Å². The number of guanidine groups is 1. The third-order valence-electron chi connectivity index (χ3n) is 5.11. The fraction of sp³-hybridized carbons (Fsp3) is 0.375. The molecule has 0 spiro atoms. The largest absolute Gasteiger partial charge is 0.356 e. The topological polar surface area (TPSA) is 94.6 Å². The van der Waals surface area contributed by atoms with Gasteiger partial charge in [0.25, 0.3) is 0 Å². The number of nitrogens with one attached hydrogen (secondary N) is 4. The number of aliphatic imine (C=N–C) groups is 1. The lowest BCUT2D eigenvalue weighted by molar-refractivity contribution is -0.117. The minimum absolute atomic E-state index is 0. The lowest BCUT2D eigenvalue weighted by Gasteiger charge is -2.26. The number of para-hydroxylation sites is 1. The zero-order valence-corrected chi connectivity index (χ0v) is 21.1. The Kier molecular flexibility index (Phi) is 9.96. The summed E-state index contributed by atoms with van der Waals surface area (Å²) in [5.41, 5.74) is 3.84. The van der Waals surface area contributed by atoms with Crippen molar-refractivity contribution in [3.63, 3.8) is 0 Å². The van der Waals surface area contributed by atoms with E-state index in [1.807, 2.05) is 56.3 Å². The number of carbonyl (C=O) groups excluding carboxylic acids is 2. The molecule has 0 bridgehead atoms. The van der Waals surface area contributed by atoms with E-state index >= 15 is 0 Å². The molecule has 2 amide bonds. The first-order chi connectivity index (χ1) is 14.9. The molecule has 2 aromatic rings. The second-order valence-electron chi connectivity index (χ2n) is 8.19. The number of nitrogens with zero attached hydrogens (tertiary/aromatic N) is 1. The van der Waals surface area contributed by atoms with Crippen molar-refractivity contribution in [1.29, 1.82) is 0 Å². The highest BCUT2D eigenvalue weighted by Gasteiger charge is 2.24. The normalized spacial score (nSPS) is 15.3. The molecule has 0 saturated carbocycles. The number of amides is 2. The number of hydrogen-bond donors (Lipinski definition) is 4. The molecular formula is C24H32IN5O2. The van der Waals surface area contributed by atoms with Crippen molar-refractivity contribution in [2.45, 2.75) is 39.2 Å². The van der Waals surface area contributed by atoms with Gasteiger partial charge in [0.1, 0.15) is 0 Å². The highest BCUT2D eigenvalue weighted by Crippen LogP contribution is 2.31. The Balaban J connectivity index is 0.00000363. The van der Waals surface area contributed by atoms with E-state index in [-0.39, 0.29) is 41.7 Å². The van der Waals surface area contributed by atoms with Gasteiger partial charge in [0, 0.05) is 50.3 Å². The summed E-state index contributed by atoms with van der Waals surface area (Å²) in [6, 6.07) is 15.7. The SMILES string of the molecule is CN=C(NCc1cccc(NC(=O)CC(C)C)c1)NCC1CC(=O)Nc2ccccc21.I. The van der Waals surface area contributed by atoms with Gasteiger partial charge in [0.2, 0.25) is 11.8 Å². The van der Waals surface area contributed by atoms with Crippen molar-refractivity contribution in [3.05, 3.63) is 59.7 Å². The molecule has 0 aliphatic carbocycles. The number of anilines is 2. The summed E-state index contributed by atoms with van der Waals surface area (Å²) in [6.45, 7) is 5.22. The first-order valence-corrected chi connectivity index (χ1v) is 10.7. The molecule has 4 N–H and O–H groups in total. The van der Waals surface area contributed by atoms with Gasteiger partial charge in [-0.3, -0.25) is 14.6 Å². The second kappa shape index (κ2) is 12.4. The molecule has 3 rings (SSSR count). The molecule has 0 saturated heterocycles. The molecule has 0 radical (unpaired) electrons. The van der Waals surface area contributed by atoms with E-state index in [2.05, 4.69) is 32.3 Å². The summed E-state index contributed by atoms with van der Waals surface area (Å²) in [5, 5.41) is 12.5. The number of carbonyl (C=O) groups is 2. The predicted molar refractivity (Wildman–Crippen MR) is 141 cm³/mol. The van der Waals surface area contributed by atoms with Gasteiger partial charge < -0.3 is 21.3 Å². The Labute approximate surface area is 206 Å². The summed E-state index contributed by atoms with van der Waals surface area (Å²) < 4.78 is 0. The molecule has 172 valence electrons. The molecule has 8 heteroatoms. The molecular weight excluding hydrogens is 517 g/mol. The molecule has 1 aliphatic heterocycles. The van der Waals surface area contributed by atoms with E-state index in [4.69, 9.17) is 0 Å². The quantitative estimate of drug-likeness (QED) is 0.238. The molecule has 0 aromatic heterocycles. The smallest absolute Gasteiger partial charge is 0.225 e. The Morgan fingerprint density at radius 1 is 1.16 bits per heavy atom. The van der Waals surface area contributed by atoms with E-state index in [0.29, 0.717) is 37.8 Å². The van der Waals surface area contributed by atoms with Gasteiger partial charge in [-0.05, 0) is 35.2 Å². The second-order valence-corrected chi connectivity index (χ2v) is 8.19. The van der Waals surface area contributed by atoms with Crippen LogP contribution in [0.15, 0.2) is 53.5 Å². The number of rotatable bonds is 7. The van der Waals surface area contributed by atoms with E-state index in [1.54, 1.807) is 7.05 Å². The zero-order chi connectivity index (χ0) is 22.2. The van der Waals surface area contributed by atoms with Crippen LogP contribution in [0.25, 0.3) is 0 Å². The molecule has 32 heavy (non-hydrogen) atoms. The Bertz CT molecular complexity index is 961. The first kappa shape index (κ1) is 25.6. The van der Waals surface area contributed by atoms with Crippen LogP contribution in [0.5, 0.6) is 0 Å². The van der Waals surface area contributed by atoms with Crippen molar-refractivity contribution in [3.8, 4) is 0 Å². The van der Waals surface area contributed by atoms with Gasteiger partial charge in [-0.15, -0.1) is 24.0 Å². The number of fused-ring (bicyclic) bond motifs is 1. The van der Waals surface area contributed by atoms with E-state index in [1.165, 1.54) is 0 Å². The Hall–Kier alpha value is -2.62. The maximum absolute atomic E-state index is 12.0. The van der Waals surface area contributed by atoms with Gasteiger partial charge in [-0.25, -0.2) is 0 Å². The van der Waals surface area contributed by atoms with Gasteiger partial charge in [-0.2, -0.15) is 0 Å². The number of hydrogen-bond acceptors (Lipinski definition) is 3. The monoisotopic (exact) mass is 549 g/mol. The van der Waals surface area contributed by atoms with E-state index in [0.717, 1.165) is 22.5 Å². The Morgan fingerprint density at radius 2 is 1.94 bits per heavy atom. The summed E-state index contributed by atoms with van der Waals surface area (Å²) in [6.07, 6.45) is 0.945. The highest BCUT2D eigenvalue weighted by atomic mass is 127. The van der Waals surface area contributed by atoms with Crippen molar-refractivity contribution in [1.82, 2.24) is 10.6 Å². The molecule has 1 unspecified atom stereocenters. The number of halogens is 1. The fourth-order valence-corrected chi connectivity index (χ4v) is 3.65. The van der Waals surface area contributed by atoms with Gasteiger partial charge in [0.15, 0.2) is 5.96 Å². The van der Waals surface area contributed by atoms with Crippen LogP contribution in [0.3, 0.4) is 0 Å². The standard InChI is InChI=1S/C24H31N5O2.HI/c1-16(2)11-22(30)28-19-8-6-7-17(12-19)14-26-24(25-3)27-15-18-13-23(31)29-21-10-5-4-9-20(18)21;/h4-10,12,16,18H,11,13-15H2,1-3H3,(H,28,30)(H,29,31)(H2,25,26,27);1H. The lowest BCUT2D eigenvalue weighted by Crippen LogP contribution is -2.40. The van der Waals surface area contributed by atoms with Crippen LogP contribution in [0.4, 0.5) is 11.4 Å². The Morgan fingerprint density at radius 3 is 2.69 bits per heavy atom. The molecule has 2 aromatic carbocycles. The molecule has 1 heterocycles. The summed E-state index contributed by atoms with van der Waals surface area (Å²) >= 11 is 0. The average molecular weight is 549 g/mol. The highest BCUT2D eigenvalue weighted by molar-refractivity contribution is 14.0. The molecule has 1 aliphatic rings. The van der Waals surface area contributed by atoms with Crippen LogP contribution in [-0.4, -0.2) is 31.4 Å². The molecule has 7 nitrogen and oxygen atoms in total. The summed E-state index contributed by atoms with van der Waals surface area (Å²) in [5.74, 6) is 1.13. The van der Waals surface area contributed by atoms with Crippen molar-refractivity contribution in [2.75, 3.05) is 24.2 Å². The van der Waals surface area contributed by atoms with Crippen LogP contribution < -0.4 is 21.3 Å². The predicted octanol–water partition coefficient (Wildman–Crippen LogP) is 4.08. The van der Waals surface area contributed by atoms with Crippen LogP contribution in [-0.2, 0) is 16.1 Å². The maximum atomic E-state index is 12.0. The average Bonchev–Trinajstić information content (AvgIpc) is 2.73. The molecule has 0 fully saturated rings. The van der Waals surface area contributed by atoms with Gasteiger partial charge in [0.05, 0.1) is 0 Å². The van der Waals surface area contributed by atoms with Gasteiger partial charge in [-0.1, -0.05) is 44.2 Å². The van der Waals surface area contributed by atoms with Crippen LogP contribution >= 0.6 is 24.0 Å². The summed E-state index contributed by atoms with van der Waals surface area (Å²) in [4.78, 5) is 28.3.